The van der Waals surface area contributed by atoms with E-state index in [1.54, 1.807) is 23.1 Å². The Balaban J connectivity index is 0.00000342. The number of fused-ring (bicyclic) bond motifs is 1. The summed E-state index contributed by atoms with van der Waals surface area (Å²) >= 11 is 0. The van der Waals surface area contributed by atoms with Crippen molar-refractivity contribution in [1.29, 1.82) is 0 Å². The van der Waals surface area contributed by atoms with E-state index in [9.17, 15) is 18.7 Å². The van der Waals surface area contributed by atoms with Gasteiger partial charge in [-0.15, -0.1) is 0 Å². The van der Waals surface area contributed by atoms with Crippen LogP contribution in [0.4, 0.5) is 14.6 Å². The molecule has 3 aromatic rings. The van der Waals surface area contributed by atoms with Crippen LogP contribution in [0.25, 0.3) is 22.3 Å². The molecule has 1 amide bonds. The minimum atomic E-state index is -2.64. The van der Waals surface area contributed by atoms with Crippen LogP contribution in [0.2, 0.25) is 0 Å². The molecule has 8 heteroatoms. The number of carbonyl (C=O) groups excluding carboxylic acids is 1. The van der Waals surface area contributed by atoms with Crippen LogP contribution in [-0.4, -0.2) is 58.2 Å². The minimum absolute atomic E-state index is 0. The minimum Gasteiger partial charge on any atom is -0.383 e. The van der Waals surface area contributed by atoms with Crippen LogP contribution in [0.1, 0.15) is 39.2 Å². The van der Waals surface area contributed by atoms with Crippen molar-refractivity contribution in [2.75, 3.05) is 31.1 Å². The number of aromatic nitrogens is 2. The van der Waals surface area contributed by atoms with Gasteiger partial charge in [0, 0.05) is 44.1 Å². The van der Waals surface area contributed by atoms with E-state index in [2.05, 4.69) is 9.88 Å². The average Bonchev–Trinajstić information content (AvgIpc) is 2.82. The molecular formula is C26H32F2N4O2. The third kappa shape index (κ3) is 5.01. The van der Waals surface area contributed by atoms with Gasteiger partial charge in [-0.25, -0.2) is 18.7 Å². The zero-order valence-electron chi connectivity index (χ0n) is 19.7. The van der Waals surface area contributed by atoms with E-state index in [1.165, 1.54) is 6.07 Å². The number of amides is 1. The van der Waals surface area contributed by atoms with Crippen molar-refractivity contribution in [2.24, 2.45) is 5.92 Å². The van der Waals surface area contributed by atoms with E-state index >= 15 is 0 Å². The molecule has 4 rings (SSSR count). The van der Waals surface area contributed by atoms with Gasteiger partial charge >= 0.3 is 0 Å². The van der Waals surface area contributed by atoms with Crippen molar-refractivity contribution in [1.82, 2.24) is 14.9 Å². The van der Waals surface area contributed by atoms with Crippen LogP contribution < -0.4 is 4.90 Å². The number of piperazine rings is 1. The monoisotopic (exact) mass is 470 g/mol. The predicted octanol–water partition coefficient (Wildman–Crippen LogP) is 4.84. The summed E-state index contributed by atoms with van der Waals surface area (Å²) in [5, 5.41) is 11.1. The summed E-state index contributed by atoms with van der Waals surface area (Å²) in [5.74, 6) is 0.905. The number of anilines is 1. The fraction of sp³-hybridized carbons (Fsp3) is 0.423. The normalized spacial score (nSPS) is 15.4. The zero-order chi connectivity index (χ0) is 24.4. The molecule has 2 aromatic carbocycles. The Hall–Kier alpha value is -3.13. The van der Waals surface area contributed by atoms with Crippen LogP contribution in [0.3, 0.4) is 0 Å². The maximum atomic E-state index is 13.7. The SMILES string of the molecule is Cc1ccc2c(N3CCN(C(=O)[C@H](O)CC(C)C)CC3)nc(-c3ccccc3C(F)F)nc2c1.[HH]. The molecule has 6 nitrogen and oxygen atoms in total. The van der Waals surface area contributed by atoms with Crippen molar-refractivity contribution in [3.8, 4) is 11.4 Å². The van der Waals surface area contributed by atoms with Gasteiger partial charge in [-0.3, -0.25) is 4.79 Å². The second-order valence-electron chi connectivity index (χ2n) is 9.24. The van der Waals surface area contributed by atoms with Crippen molar-refractivity contribution in [2.45, 2.75) is 39.7 Å². The standard InChI is InChI=1S/C26H30F2N4O2.H2/c1-16(2)14-22(33)26(34)32-12-10-31(11-13-32)25-20-9-8-17(3)15-21(20)29-24(30-25)19-7-5-4-6-18(19)23(27)28;/h4-9,15-16,22-23,33H,10-14H2,1-3H3;1H/t22-;/m1./s1. The van der Waals surface area contributed by atoms with Crippen molar-refractivity contribution in [3.63, 3.8) is 0 Å². The maximum Gasteiger partial charge on any atom is 0.264 e. The summed E-state index contributed by atoms with van der Waals surface area (Å²) in [6.07, 6.45) is -3.20. The Bertz CT molecular complexity index is 1180. The van der Waals surface area contributed by atoms with Gasteiger partial charge in [-0.05, 0) is 37.0 Å². The number of halogens is 2. The summed E-state index contributed by atoms with van der Waals surface area (Å²) in [5.41, 5.74) is 1.91. The number of alkyl halides is 2. The first-order chi connectivity index (χ1) is 16.2. The van der Waals surface area contributed by atoms with Gasteiger partial charge < -0.3 is 14.9 Å². The molecule has 1 saturated heterocycles. The summed E-state index contributed by atoms with van der Waals surface area (Å²) < 4.78 is 27.4. The molecule has 1 N–H and O–H groups in total. The first-order valence-electron chi connectivity index (χ1n) is 11.6. The van der Waals surface area contributed by atoms with Gasteiger partial charge in [0.25, 0.3) is 12.3 Å². The first kappa shape index (κ1) is 24.0. The lowest BCUT2D eigenvalue weighted by Crippen LogP contribution is -2.52. The molecule has 182 valence electrons. The maximum absolute atomic E-state index is 13.7. The number of benzene rings is 2. The summed E-state index contributed by atoms with van der Waals surface area (Å²) in [6.45, 7) is 7.86. The number of carbonyl (C=O) groups is 1. The zero-order valence-corrected chi connectivity index (χ0v) is 19.7. The molecule has 2 heterocycles. The molecule has 0 bridgehead atoms. The average molecular weight is 471 g/mol. The lowest BCUT2D eigenvalue weighted by molar-refractivity contribution is -0.141. The molecule has 1 fully saturated rings. The number of hydrogen-bond donors (Lipinski definition) is 1. The van der Waals surface area contributed by atoms with Gasteiger partial charge in [0.2, 0.25) is 0 Å². The van der Waals surface area contributed by atoms with Gasteiger partial charge in [0.05, 0.1) is 5.52 Å². The third-order valence-electron chi connectivity index (χ3n) is 6.14. The Morgan fingerprint density at radius 1 is 1.09 bits per heavy atom. The molecule has 0 radical (unpaired) electrons. The molecule has 0 aliphatic carbocycles. The van der Waals surface area contributed by atoms with E-state index in [4.69, 9.17) is 4.98 Å². The molecule has 0 unspecified atom stereocenters. The van der Waals surface area contributed by atoms with Gasteiger partial charge in [0.1, 0.15) is 11.9 Å². The Labute approximate surface area is 199 Å². The highest BCUT2D eigenvalue weighted by atomic mass is 19.3. The largest absolute Gasteiger partial charge is 0.383 e. The molecule has 0 saturated carbocycles. The first-order valence-corrected chi connectivity index (χ1v) is 11.6. The number of hydrogen-bond acceptors (Lipinski definition) is 5. The molecule has 1 aromatic heterocycles. The molecule has 1 aliphatic rings. The Morgan fingerprint density at radius 3 is 2.47 bits per heavy atom. The van der Waals surface area contributed by atoms with Crippen LogP contribution in [0.15, 0.2) is 42.5 Å². The highest BCUT2D eigenvalue weighted by Gasteiger charge is 2.28. The van der Waals surface area contributed by atoms with Gasteiger partial charge in [-0.1, -0.05) is 44.2 Å². The van der Waals surface area contributed by atoms with E-state index in [1.807, 2.05) is 39.0 Å². The van der Waals surface area contributed by atoms with Crippen molar-refractivity contribution < 1.29 is 20.1 Å². The fourth-order valence-electron chi connectivity index (χ4n) is 4.37. The Kier molecular flexibility index (Phi) is 7.07. The Morgan fingerprint density at radius 2 is 1.79 bits per heavy atom. The highest BCUT2D eigenvalue weighted by Crippen LogP contribution is 2.33. The summed E-state index contributed by atoms with van der Waals surface area (Å²) in [6, 6.07) is 12.2. The van der Waals surface area contributed by atoms with Crippen LogP contribution in [0, 0.1) is 12.8 Å². The van der Waals surface area contributed by atoms with E-state index in [0.717, 1.165) is 10.9 Å². The second kappa shape index (κ2) is 10.0. The van der Waals surface area contributed by atoms with E-state index in [-0.39, 0.29) is 24.6 Å². The highest BCUT2D eigenvalue weighted by molar-refractivity contribution is 5.92. The summed E-state index contributed by atoms with van der Waals surface area (Å²) in [7, 11) is 0. The molecular weight excluding hydrogens is 438 g/mol. The van der Waals surface area contributed by atoms with Crippen LogP contribution in [0.5, 0.6) is 0 Å². The van der Waals surface area contributed by atoms with Crippen molar-refractivity contribution >= 4 is 22.6 Å². The van der Waals surface area contributed by atoms with Crippen LogP contribution >= 0.6 is 0 Å². The molecule has 1 atom stereocenters. The number of aliphatic hydroxyl groups excluding tert-OH is 1. The lowest BCUT2D eigenvalue weighted by atomic mass is 10.0. The smallest absolute Gasteiger partial charge is 0.264 e. The third-order valence-corrected chi connectivity index (χ3v) is 6.14. The topological polar surface area (TPSA) is 69.6 Å². The second-order valence-corrected chi connectivity index (χ2v) is 9.24. The van der Waals surface area contributed by atoms with Crippen LogP contribution in [-0.2, 0) is 4.79 Å². The van der Waals surface area contributed by atoms with E-state index in [0.29, 0.717) is 49.5 Å². The predicted molar refractivity (Wildman–Crippen MR) is 131 cm³/mol. The van der Waals surface area contributed by atoms with Gasteiger partial charge in [-0.2, -0.15) is 0 Å². The number of nitrogens with zero attached hydrogens (tertiary/aromatic N) is 4. The number of aliphatic hydroxyl groups is 1. The molecule has 1 aliphatic heterocycles. The van der Waals surface area contributed by atoms with E-state index < -0.39 is 12.5 Å². The lowest BCUT2D eigenvalue weighted by Gasteiger charge is -2.37. The quantitative estimate of drug-likeness (QED) is 0.558. The molecule has 34 heavy (non-hydrogen) atoms. The number of rotatable bonds is 6. The van der Waals surface area contributed by atoms with Crippen molar-refractivity contribution in [3.05, 3.63) is 53.6 Å². The number of aryl methyl sites for hydroxylation is 1. The fourth-order valence-corrected chi connectivity index (χ4v) is 4.37. The summed E-state index contributed by atoms with van der Waals surface area (Å²) in [4.78, 5) is 25.7. The molecule has 0 spiro atoms. The van der Waals surface area contributed by atoms with Gasteiger partial charge in [0.15, 0.2) is 5.82 Å².